The van der Waals surface area contributed by atoms with E-state index in [9.17, 15) is 9.59 Å². The number of esters is 1. The monoisotopic (exact) mass is 387 g/mol. The fourth-order valence-corrected chi connectivity index (χ4v) is 3.83. The van der Waals surface area contributed by atoms with Crippen molar-refractivity contribution >= 4 is 33.9 Å². The second-order valence-electron chi connectivity index (χ2n) is 6.69. The number of carbonyl (C=O) groups is 2. The van der Waals surface area contributed by atoms with Crippen molar-refractivity contribution in [2.45, 2.75) is 13.5 Å². The van der Waals surface area contributed by atoms with Crippen LogP contribution in [0.25, 0.3) is 21.7 Å². The molecule has 1 heterocycles. The minimum absolute atomic E-state index is 0.269. The molecule has 1 aromatic heterocycles. The Labute approximate surface area is 168 Å². The van der Waals surface area contributed by atoms with Crippen LogP contribution in [0.4, 0.5) is 0 Å². The molecule has 4 rings (SSSR count). The van der Waals surface area contributed by atoms with Crippen molar-refractivity contribution in [2.75, 3.05) is 13.7 Å². The van der Waals surface area contributed by atoms with Crippen LogP contribution in [0.3, 0.4) is 0 Å². The van der Waals surface area contributed by atoms with Crippen molar-refractivity contribution in [3.63, 3.8) is 0 Å². The summed E-state index contributed by atoms with van der Waals surface area (Å²) in [4.78, 5) is 24.8. The Morgan fingerprint density at radius 3 is 2.34 bits per heavy atom. The fraction of sp³-hybridized carbons (Fsp3) is 0.167. The normalized spacial score (nSPS) is 11.0. The van der Waals surface area contributed by atoms with E-state index in [1.807, 2.05) is 59.2 Å². The number of rotatable bonds is 6. The summed E-state index contributed by atoms with van der Waals surface area (Å²) in [5, 5.41) is 2.29. The van der Waals surface area contributed by atoms with Crippen LogP contribution < -0.4 is 4.74 Å². The molecular weight excluding hydrogens is 366 g/mol. The van der Waals surface area contributed by atoms with Crippen molar-refractivity contribution in [3.8, 4) is 5.75 Å². The smallest absolute Gasteiger partial charge is 0.354 e. The summed E-state index contributed by atoms with van der Waals surface area (Å²) in [6.45, 7) is 2.49. The molecule has 0 bridgehead atoms. The lowest BCUT2D eigenvalue weighted by atomic mass is 10.00. The summed E-state index contributed by atoms with van der Waals surface area (Å²) in [5.41, 5.74) is 2.66. The highest BCUT2D eigenvalue weighted by atomic mass is 16.5. The van der Waals surface area contributed by atoms with Crippen LogP contribution in [-0.4, -0.2) is 30.5 Å². The minimum Gasteiger partial charge on any atom is -0.494 e. The first-order valence-electron chi connectivity index (χ1n) is 9.47. The zero-order chi connectivity index (χ0) is 20.4. The van der Waals surface area contributed by atoms with Gasteiger partial charge >= 0.3 is 5.97 Å². The molecule has 146 valence electrons. The van der Waals surface area contributed by atoms with E-state index in [1.165, 1.54) is 0 Å². The summed E-state index contributed by atoms with van der Waals surface area (Å²) >= 11 is 0. The molecule has 0 fully saturated rings. The van der Waals surface area contributed by atoms with Gasteiger partial charge in [-0.3, -0.25) is 4.79 Å². The van der Waals surface area contributed by atoms with Crippen molar-refractivity contribution in [3.05, 3.63) is 77.5 Å². The zero-order valence-corrected chi connectivity index (χ0v) is 16.3. The van der Waals surface area contributed by atoms with Crippen molar-refractivity contribution in [1.29, 1.82) is 0 Å². The third-order valence-electron chi connectivity index (χ3n) is 5.05. The standard InChI is InChI=1S/C24H21NO4/c1-3-29-24(27)21-13-19-20(15-26)17-11-7-8-12-18(17)23(28-2)22(19)25(21)14-16-9-5-4-6-10-16/h4-13,15H,3,14H2,1-2H3. The molecule has 0 unspecified atom stereocenters. The molecule has 0 N–H and O–H groups in total. The van der Waals surface area contributed by atoms with Gasteiger partial charge in [-0.05, 0) is 23.9 Å². The van der Waals surface area contributed by atoms with Gasteiger partial charge < -0.3 is 14.0 Å². The third kappa shape index (κ3) is 3.14. The summed E-state index contributed by atoms with van der Waals surface area (Å²) in [5.74, 6) is 0.204. The predicted octanol–water partition coefficient (Wildman–Crippen LogP) is 4.84. The molecule has 0 saturated heterocycles. The lowest BCUT2D eigenvalue weighted by Crippen LogP contribution is -2.13. The maximum Gasteiger partial charge on any atom is 0.354 e. The van der Waals surface area contributed by atoms with Gasteiger partial charge in [0.15, 0.2) is 12.0 Å². The van der Waals surface area contributed by atoms with Crippen molar-refractivity contribution in [1.82, 2.24) is 4.57 Å². The van der Waals surface area contributed by atoms with E-state index < -0.39 is 5.97 Å². The van der Waals surface area contributed by atoms with Crippen molar-refractivity contribution < 1.29 is 19.1 Å². The molecule has 0 atom stereocenters. The Morgan fingerprint density at radius 2 is 1.69 bits per heavy atom. The Balaban J connectivity index is 2.11. The number of hydrogen-bond acceptors (Lipinski definition) is 4. The number of fused-ring (bicyclic) bond motifs is 2. The van der Waals surface area contributed by atoms with E-state index in [4.69, 9.17) is 9.47 Å². The molecule has 5 nitrogen and oxygen atoms in total. The van der Waals surface area contributed by atoms with Crippen LogP contribution in [-0.2, 0) is 11.3 Å². The fourth-order valence-electron chi connectivity index (χ4n) is 3.83. The second kappa shape index (κ2) is 7.80. The molecule has 0 aliphatic rings. The SMILES string of the molecule is CCOC(=O)c1cc2c(C=O)c3ccccc3c(OC)c2n1Cc1ccccc1. The van der Waals surface area contributed by atoms with E-state index in [0.717, 1.165) is 22.6 Å². The Kier molecular flexibility index (Phi) is 5.04. The summed E-state index contributed by atoms with van der Waals surface area (Å²) in [6.07, 6.45) is 0.839. The molecule has 0 radical (unpaired) electrons. The molecule has 0 aliphatic heterocycles. The van der Waals surface area contributed by atoms with Gasteiger partial charge in [0, 0.05) is 22.9 Å². The molecule has 4 aromatic rings. The number of benzene rings is 3. The highest BCUT2D eigenvalue weighted by Gasteiger charge is 2.24. The summed E-state index contributed by atoms with van der Waals surface area (Å²) in [7, 11) is 1.60. The van der Waals surface area contributed by atoms with Crippen LogP contribution in [0.1, 0.15) is 33.3 Å². The van der Waals surface area contributed by atoms with E-state index in [-0.39, 0.29) is 6.61 Å². The number of aldehydes is 1. The maximum atomic E-state index is 12.7. The number of carbonyl (C=O) groups excluding carboxylic acids is 2. The largest absolute Gasteiger partial charge is 0.494 e. The quantitative estimate of drug-likeness (QED) is 0.351. The van der Waals surface area contributed by atoms with Crippen LogP contribution >= 0.6 is 0 Å². The summed E-state index contributed by atoms with van der Waals surface area (Å²) < 4.78 is 13.0. The van der Waals surface area contributed by atoms with Gasteiger partial charge in [-0.15, -0.1) is 0 Å². The highest BCUT2D eigenvalue weighted by Crippen LogP contribution is 2.39. The minimum atomic E-state index is -0.428. The predicted molar refractivity (Wildman–Crippen MR) is 113 cm³/mol. The van der Waals surface area contributed by atoms with Gasteiger partial charge in [-0.25, -0.2) is 4.79 Å². The van der Waals surface area contributed by atoms with Gasteiger partial charge in [0.1, 0.15) is 5.69 Å². The van der Waals surface area contributed by atoms with Crippen LogP contribution in [0.2, 0.25) is 0 Å². The molecule has 0 spiro atoms. The molecule has 0 saturated carbocycles. The average molecular weight is 387 g/mol. The first kappa shape index (κ1) is 18.7. The first-order chi connectivity index (χ1) is 14.2. The van der Waals surface area contributed by atoms with Crippen LogP contribution in [0.5, 0.6) is 5.75 Å². The van der Waals surface area contributed by atoms with Gasteiger partial charge in [-0.1, -0.05) is 54.6 Å². The van der Waals surface area contributed by atoms with Gasteiger partial charge in [-0.2, -0.15) is 0 Å². The number of aromatic nitrogens is 1. The molecule has 29 heavy (non-hydrogen) atoms. The number of hydrogen-bond donors (Lipinski definition) is 0. The van der Waals surface area contributed by atoms with E-state index in [2.05, 4.69) is 0 Å². The van der Waals surface area contributed by atoms with E-state index >= 15 is 0 Å². The Morgan fingerprint density at radius 1 is 1.00 bits per heavy atom. The molecule has 3 aromatic carbocycles. The molecule has 5 heteroatoms. The van der Waals surface area contributed by atoms with Crippen LogP contribution in [0, 0.1) is 0 Å². The molecule has 0 amide bonds. The number of ether oxygens (including phenoxy) is 2. The highest BCUT2D eigenvalue weighted by molar-refractivity contribution is 6.17. The summed E-state index contributed by atoms with van der Waals surface area (Å²) in [6, 6.07) is 19.2. The zero-order valence-electron chi connectivity index (χ0n) is 16.3. The Bertz CT molecular complexity index is 1210. The maximum absolute atomic E-state index is 12.7. The topological polar surface area (TPSA) is 57.5 Å². The first-order valence-corrected chi connectivity index (χ1v) is 9.47. The van der Waals surface area contributed by atoms with Gasteiger partial charge in [0.2, 0.25) is 0 Å². The molecule has 0 aliphatic carbocycles. The average Bonchev–Trinajstić information content (AvgIpc) is 3.11. The number of methoxy groups -OCH3 is 1. The number of nitrogens with zero attached hydrogens (tertiary/aromatic N) is 1. The van der Waals surface area contributed by atoms with Gasteiger partial charge in [0.25, 0.3) is 0 Å². The Hall–Kier alpha value is -3.60. The van der Waals surface area contributed by atoms with E-state index in [1.54, 1.807) is 20.1 Å². The lowest BCUT2D eigenvalue weighted by molar-refractivity contribution is 0.0515. The third-order valence-corrected chi connectivity index (χ3v) is 5.05. The van der Waals surface area contributed by atoms with E-state index in [0.29, 0.717) is 34.5 Å². The lowest BCUT2D eigenvalue weighted by Gasteiger charge is -2.15. The molecular formula is C24H21NO4. The van der Waals surface area contributed by atoms with Gasteiger partial charge in [0.05, 0.1) is 19.2 Å². The van der Waals surface area contributed by atoms with Crippen molar-refractivity contribution in [2.24, 2.45) is 0 Å². The van der Waals surface area contributed by atoms with Crippen LogP contribution in [0.15, 0.2) is 60.7 Å². The second-order valence-corrected chi connectivity index (χ2v) is 6.69.